The molecule has 0 bridgehead atoms. The number of hydrogen-bond acceptors (Lipinski definition) is 4. The van der Waals surface area contributed by atoms with Crippen molar-refractivity contribution in [1.29, 1.82) is 0 Å². The summed E-state index contributed by atoms with van der Waals surface area (Å²) in [6, 6.07) is 24.3. The van der Waals surface area contributed by atoms with Gasteiger partial charge in [-0.05, 0) is 55.2 Å². The van der Waals surface area contributed by atoms with Crippen LogP contribution in [0.2, 0.25) is 0 Å². The number of thioether (sulfide) groups is 1. The van der Waals surface area contributed by atoms with Crippen molar-refractivity contribution in [1.82, 2.24) is 15.1 Å². The van der Waals surface area contributed by atoms with E-state index in [2.05, 4.69) is 24.4 Å². The van der Waals surface area contributed by atoms with Gasteiger partial charge in [0.05, 0.1) is 22.4 Å². The molecule has 4 aromatic rings. The van der Waals surface area contributed by atoms with Gasteiger partial charge in [-0.1, -0.05) is 73.9 Å². The second-order valence-electron chi connectivity index (χ2n) is 10.8. The second-order valence-corrected chi connectivity index (χ2v) is 11.9. The smallest absolute Gasteiger partial charge is 0.240 e. The summed E-state index contributed by atoms with van der Waals surface area (Å²) < 4.78 is 15.7. The molecule has 2 heterocycles. The Morgan fingerprint density at radius 1 is 0.976 bits per heavy atom. The fourth-order valence-corrected chi connectivity index (χ4v) is 7.17. The van der Waals surface area contributed by atoms with Gasteiger partial charge < -0.3 is 5.32 Å². The average molecular weight is 569 g/mol. The summed E-state index contributed by atoms with van der Waals surface area (Å²) >= 11 is 1.55. The largest absolute Gasteiger partial charge is 0.352 e. The molecule has 1 saturated carbocycles. The Morgan fingerprint density at radius 2 is 1.68 bits per heavy atom. The number of nitrogens with one attached hydrogen (secondary N) is 1. The van der Waals surface area contributed by atoms with Gasteiger partial charge in [-0.25, -0.2) is 9.07 Å². The van der Waals surface area contributed by atoms with Crippen LogP contribution >= 0.6 is 11.8 Å². The van der Waals surface area contributed by atoms with Crippen molar-refractivity contribution in [3.05, 3.63) is 101 Å². The standard InChI is InChI=1S/C33H33FN4O2S/c1-22-10-8-9-15-27(22)32-30-31(23-11-4-2-5-12-23)36-38(26-18-16-24(34)17-19-26)33(30)37(29(40)21-41-32)20-28(39)35-25-13-6-3-7-14-25/h2,4-5,8-12,15-19,25,32H,3,6-7,13-14,20-21H2,1H3,(H,35,39). The van der Waals surface area contributed by atoms with E-state index in [1.54, 1.807) is 33.5 Å². The van der Waals surface area contributed by atoms with Crippen molar-refractivity contribution >= 4 is 29.4 Å². The summed E-state index contributed by atoms with van der Waals surface area (Å²) in [5.41, 5.74) is 5.33. The number of aromatic nitrogens is 2. The fraction of sp³-hybridized carbons (Fsp3) is 0.303. The van der Waals surface area contributed by atoms with Crippen LogP contribution < -0.4 is 10.2 Å². The lowest BCUT2D eigenvalue weighted by Gasteiger charge is -2.26. The van der Waals surface area contributed by atoms with Crippen LogP contribution in [0, 0.1) is 12.7 Å². The van der Waals surface area contributed by atoms with Gasteiger partial charge in [0.25, 0.3) is 0 Å². The minimum Gasteiger partial charge on any atom is -0.352 e. The summed E-state index contributed by atoms with van der Waals surface area (Å²) in [5, 5.41) is 8.05. The van der Waals surface area contributed by atoms with E-state index in [0.29, 0.717) is 11.5 Å². The van der Waals surface area contributed by atoms with Crippen molar-refractivity contribution in [3.8, 4) is 16.9 Å². The van der Waals surface area contributed by atoms with Crippen LogP contribution in [0.15, 0.2) is 78.9 Å². The molecule has 1 aliphatic carbocycles. The maximum atomic E-state index is 14.0. The number of benzene rings is 3. The highest BCUT2D eigenvalue weighted by Crippen LogP contribution is 2.49. The van der Waals surface area contributed by atoms with E-state index in [1.807, 2.05) is 42.5 Å². The van der Waals surface area contributed by atoms with E-state index in [0.717, 1.165) is 53.6 Å². The Morgan fingerprint density at radius 3 is 2.41 bits per heavy atom. The third kappa shape index (κ3) is 5.66. The van der Waals surface area contributed by atoms with Crippen LogP contribution in [0.3, 0.4) is 0 Å². The van der Waals surface area contributed by atoms with Gasteiger partial charge in [-0.15, -0.1) is 11.8 Å². The lowest BCUT2D eigenvalue weighted by Crippen LogP contribution is -2.46. The molecule has 1 aliphatic heterocycles. The highest BCUT2D eigenvalue weighted by Gasteiger charge is 2.38. The number of halogens is 1. The Hall–Kier alpha value is -3.91. The maximum absolute atomic E-state index is 14.0. The molecule has 0 spiro atoms. The minimum atomic E-state index is -0.358. The molecule has 1 unspecified atom stereocenters. The molecule has 6 rings (SSSR count). The molecular formula is C33H33FN4O2S. The van der Waals surface area contributed by atoms with Crippen molar-refractivity contribution in [2.75, 3.05) is 17.2 Å². The van der Waals surface area contributed by atoms with Crippen molar-refractivity contribution in [2.45, 2.75) is 50.3 Å². The fourth-order valence-electron chi connectivity index (χ4n) is 5.88. The number of fused-ring (bicyclic) bond motifs is 1. The van der Waals surface area contributed by atoms with Crippen LogP contribution in [0.1, 0.15) is 54.0 Å². The molecule has 0 saturated heterocycles. The quantitative estimate of drug-likeness (QED) is 0.284. The number of nitrogens with zero attached hydrogens (tertiary/aromatic N) is 3. The zero-order chi connectivity index (χ0) is 28.3. The molecule has 0 radical (unpaired) electrons. The highest BCUT2D eigenvalue weighted by molar-refractivity contribution is 8.00. The molecule has 2 amide bonds. The zero-order valence-electron chi connectivity index (χ0n) is 23.1. The topological polar surface area (TPSA) is 67.2 Å². The summed E-state index contributed by atoms with van der Waals surface area (Å²) in [6.07, 6.45) is 5.31. The first-order valence-corrected chi connectivity index (χ1v) is 15.3. The van der Waals surface area contributed by atoms with Gasteiger partial charge >= 0.3 is 0 Å². The molecule has 1 atom stereocenters. The van der Waals surface area contributed by atoms with E-state index < -0.39 is 0 Å². The van der Waals surface area contributed by atoms with Gasteiger partial charge in [-0.2, -0.15) is 5.10 Å². The SMILES string of the molecule is Cc1ccccc1C1SCC(=O)N(CC(=O)NC2CCCCC2)c2c1c(-c1ccccc1)nn2-c1ccc(F)cc1. The molecule has 8 heteroatoms. The van der Waals surface area contributed by atoms with Crippen LogP contribution in [0.5, 0.6) is 0 Å². The molecular weight excluding hydrogens is 535 g/mol. The molecule has 1 aromatic heterocycles. The summed E-state index contributed by atoms with van der Waals surface area (Å²) in [7, 11) is 0. The first-order chi connectivity index (χ1) is 20.0. The van der Waals surface area contributed by atoms with E-state index in [-0.39, 0.29) is 41.2 Å². The third-order valence-corrected chi connectivity index (χ3v) is 9.19. The van der Waals surface area contributed by atoms with E-state index in [1.165, 1.54) is 18.6 Å². The van der Waals surface area contributed by atoms with E-state index in [9.17, 15) is 14.0 Å². The van der Waals surface area contributed by atoms with Crippen molar-refractivity contribution in [3.63, 3.8) is 0 Å². The van der Waals surface area contributed by atoms with Crippen molar-refractivity contribution < 1.29 is 14.0 Å². The Bertz CT molecular complexity index is 1550. The summed E-state index contributed by atoms with van der Waals surface area (Å²) in [4.78, 5) is 28.9. The molecule has 1 fully saturated rings. The molecule has 41 heavy (non-hydrogen) atoms. The number of aryl methyl sites for hydroxylation is 1. The average Bonchev–Trinajstić information content (AvgIpc) is 3.32. The van der Waals surface area contributed by atoms with Crippen LogP contribution in [-0.2, 0) is 9.59 Å². The predicted octanol–water partition coefficient (Wildman–Crippen LogP) is 6.60. The van der Waals surface area contributed by atoms with E-state index in [4.69, 9.17) is 5.10 Å². The number of amides is 2. The minimum absolute atomic E-state index is 0.107. The third-order valence-electron chi connectivity index (χ3n) is 7.95. The molecule has 6 nitrogen and oxygen atoms in total. The summed E-state index contributed by atoms with van der Waals surface area (Å²) in [6.45, 7) is 1.97. The first-order valence-electron chi connectivity index (χ1n) is 14.2. The van der Waals surface area contributed by atoms with Crippen LogP contribution in [0.4, 0.5) is 10.2 Å². The Labute approximate surface area is 243 Å². The highest BCUT2D eigenvalue weighted by atomic mass is 32.2. The lowest BCUT2D eigenvalue weighted by atomic mass is 9.95. The molecule has 2 aliphatic rings. The van der Waals surface area contributed by atoms with Crippen LogP contribution in [-0.4, -0.2) is 39.9 Å². The number of carbonyl (C=O) groups excluding carboxylic acids is 2. The first kappa shape index (κ1) is 27.3. The van der Waals surface area contributed by atoms with Gasteiger partial charge in [-0.3, -0.25) is 14.5 Å². The number of anilines is 1. The molecule has 210 valence electrons. The van der Waals surface area contributed by atoms with Gasteiger partial charge in [0, 0.05) is 17.2 Å². The lowest BCUT2D eigenvalue weighted by molar-refractivity contribution is -0.123. The maximum Gasteiger partial charge on any atom is 0.240 e. The van der Waals surface area contributed by atoms with Gasteiger partial charge in [0.2, 0.25) is 11.8 Å². The van der Waals surface area contributed by atoms with Gasteiger partial charge in [0.1, 0.15) is 18.2 Å². The number of rotatable bonds is 6. The van der Waals surface area contributed by atoms with Crippen molar-refractivity contribution in [2.24, 2.45) is 0 Å². The van der Waals surface area contributed by atoms with Crippen LogP contribution in [0.25, 0.3) is 16.9 Å². The summed E-state index contributed by atoms with van der Waals surface area (Å²) in [5.74, 6) is 0.0702. The molecule has 3 aromatic carbocycles. The normalized spacial score (nSPS) is 17.7. The zero-order valence-corrected chi connectivity index (χ0v) is 23.9. The monoisotopic (exact) mass is 568 g/mol. The number of hydrogen-bond donors (Lipinski definition) is 1. The predicted molar refractivity (Wildman–Crippen MR) is 162 cm³/mol. The second kappa shape index (κ2) is 11.9. The number of carbonyl (C=O) groups is 2. The Kier molecular flexibility index (Phi) is 7.92. The van der Waals surface area contributed by atoms with E-state index >= 15 is 0 Å². The Balaban J connectivity index is 1.54. The van der Waals surface area contributed by atoms with Gasteiger partial charge in [0.15, 0.2) is 0 Å². The molecule has 1 N–H and O–H groups in total.